The van der Waals surface area contributed by atoms with Crippen molar-refractivity contribution in [3.05, 3.63) is 15.6 Å². The molecule has 94 valence electrons. The summed E-state index contributed by atoms with van der Waals surface area (Å²) in [6.45, 7) is 5.54. The average Bonchev–Trinajstić information content (AvgIpc) is 3.02. The first-order valence-corrected chi connectivity index (χ1v) is 6.76. The van der Waals surface area contributed by atoms with Gasteiger partial charge in [-0.15, -0.1) is 11.3 Å². The van der Waals surface area contributed by atoms with Crippen LogP contribution in [0, 0.1) is 13.8 Å². The highest BCUT2D eigenvalue weighted by Gasteiger charge is 2.29. The largest absolute Gasteiger partial charge is 0.481 e. The van der Waals surface area contributed by atoms with Gasteiger partial charge in [0.2, 0.25) is 0 Å². The normalized spacial score (nSPS) is 15.5. The van der Waals surface area contributed by atoms with E-state index in [4.69, 9.17) is 5.11 Å². The molecule has 4 nitrogen and oxygen atoms in total. The summed E-state index contributed by atoms with van der Waals surface area (Å²) in [6, 6.07) is 0.582. The van der Waals surface area contributed by atoms with Crippen LogP contribution >= 0.6 is 11.3 Å². The molecule has 5 heteroatoms. The van der Waals surface area contributed by atoms with Gasteiger partial charge in [-0.2, -0.15) is 0 Å². The van der Waals surface area contributed by atoms with Crippen molar-refractivity contribution in [3.8, 4) is 0 Å². The van der Waals surface area contributed by atoms with Crippen molar-refractivity contribution in [1.29, 1.82) is 0 Å². The SMILES string of the molecule is Cc1nc(CN(CCC(=O)O)C2CC2)sc1C. The third kappa shape index (κ3) is 3.51. The quantitative estimate of drug-likeness (QED) is 0.845. The van der Waals surface area contributed by atoms with E-state index in [9.17, 15) is 4.79 Å². The summed E-state index contributed by atoms with van der Waals surface area (Å²) in [6.07, 6.45) is 2.62. The average molecular weight is 254 g/mol. The van der Waals surface area contributed by atoms with Crippen LogP contribution in [0.1, 0.15) is 34.8 Å². The minimum absolute atomic E-state index is 0.222. The van der Waals surface area contributed by atoms with Crippen molar-refractivity contribution < 1.29 is 9.90 Å². The molecule has 1 aliphatic carbocycles. The van der Waals surface area contributed by atoms with Crippen LogP contribution in [0.2, 0.25) is 0 Å². The lowest BCUT2D eigenvalue weighted by Gasteiger charge is -2.19. The van der Waals surface area contributed by atoms with E-state index in [0.717, 1.165) is 17.2 Å². The summed E-state index contributed by atoms with van der Waals surface area (Å²) in [7, 11) is 0. The Hall–Kier alpha value is -0.940. The maximum absolute atomic E-state index is 10.6. The Labute approximate surface area is 105 Å². The van der Waals surface area contributed by atoms with Gasteiger partial charge in [0.15, 0.2) is 0 Å². The second kappa shape index (κ2) is 5.14. The van der Waals surface area contributed by atoms with Crippen molar-refractivity contribution in [2.45, 2.75) is 45.7 Å². The lowest BCUT2D eigenvalue weighted by Crippen LogP contribution is -2.28. The van der Waals surface area contributed by atoms with Gasteiger partial charge < -0.3 is 5.11 Å². The smallest absolute Gasteiger partial charge is 0.304 e. The molecule has 0 spiro atoms. The van der Waals surface area contributed by atoms with Gasteiger partial charge in [-0.05, 0) is 26.7 Å². The third-order valence-electron chi connectivity index (χ3n) is 3.09. The first kappa shape index (κ1) is 12.5. The highest BCUT2D eigenvalue weighted by atomic mass is 32.1. The lowest BCUT2D eigenvalue weighted by molar-refractivity contribution is -0.137. The maximum Gasteiger partial charge on any atom is 0.304 e. The maximum atomic E-state index is 10.6. The zero-order chi connectivity index (χ0) is 12.4. The molecule has 1 fully saturated rings. The second-order valence-corrected chi connectivity index (χ2v) is 5.88. The molecule has 0 aliphatic heterocycles. The van der Waals surface area contributed by atoms with Gasteiger partial charge in [-0.25, -0.2) is 4.98 Å². The first-order valence-electron chi connectivity index (χ1n) is 5.95. The minimum atomic E-state index is -0.720. The molecule has 0 unspecified atom stereocenters. The van der Waals surface area contributed by atoms with E-state index in [-0.39, 0.29) is 6.42 Å². The van der Waals surface area contributed by atoms with Crippen LogP contribution in [0.5, 0.6) is 0 Å². The number of aliphatic carboxylic acids is 1. The van der Waals surface area contributed by atoms with Crippen LogP contribution < -0.4 is 0 Å². The molecule has 0 aromatic carbocycles. The highest BCUT2D eigenvalue weighted by Crippen LogP contribution is 2.29. The van der Waals surface area contributed by atoms with Crippen molar-refractivity contribution in [2.24, 2.45) is 0 Å². The molecule has 1 saturated carbocycles. The van der Waals surface area contributed by atoms with Crippen LogP contribution in [-0.2, 0) is 11.3 Å². The number of rotatable bonds is 6. The van der Waals surface area contributed by atoms with E-state index in [1.165, 1.54) is 17.7 Å². The fourth-order valence-corrected chi connectivity index (χ4v) is 2.81. The lowest BCUT2D eigenvalue weighted by atomic mass is 10.3. The Balaban J connectivity index is 1.95. The molecule has 1 aromatic rings. The van der Waals surface area contributed by atoms with E-state index in [0.29, 0.717) is 12.6 Å². The van der Waals surface area contributed by atoms with Gasteiger partial charge in [-0.1, -0.05) is 0 Å². The van der Waals surface area contributed by atoms with E-state index in [1.54, 1.807) is 11.3 Å². The number of carbonyl (C=O) groups is 1. The molecule has 2 rings (SSSR count). The second-order valence-electron chi connectivity index (χ2n) is 4.59. The Bertz CT molecular complexity index is 393. The van der Waals surface area contributed by atoms with E-state index >= 15 is 0 Å². The first-order chi connectivity index (χ1) is 8.06. The van der Waals surface area contributed by atoms with Gasteiger partial charge in [0.05, 0.1) is 18.7 Å². The molecular formula is C12H18N2O2S. The Kier molecular flexibility index (Phi) is 3.79. The van der Waals surface area contributed by atoms with Crippen LogP contribution in [0.15, 0.2) is 0 Å². The molecule has 1 aromatic heterocycles. The van der Waals surface area contributed by atoms with Crippen molar-refractivity contribution in [2.75, 3.05) is 6.54 Å². The number of aromatic nitrogens is 1. The number of carboxylic acid groups (broad SMARTS) is 1. The molecule has 1 N–H and O–H groups in total. The highest BCUT2D eigenvalue weighted by molar-refractivity contribution is 7.11. The standard InChI is InChI=1S/C12H18N2O2S/c1-8-9(2)17-11(13-8)7-14(10-3-4-10)6-5-12(15)16/h10H,3-7H2,1-2H3,(H,15,16). The Morgan fingerprint density at radius 1 is 1.53 bits per heavy atom. The summed E-state index contributed by atoms with van der Waals surface area (Å²) in [5.74, 6) is -0.720. The molecule has 0 bridgehead atoms. The molecule has 17 heavy (non-hydrogen) atoms. The molecule has 0 radical (unpaired) electrons. The van der Waals surface area contributed by atoms with E-state index in [1.807, 2.05) is 6.92 Å². The number of thiazole rings is 1. The van der Waals surface area contributed by atoms with Crippen molar-refractivity contribution >= 4 is 17.3 Å². The predicted molar refractivity (Wildman–Crippen MR) is 67.3 cm³/mol. The predicted octanol–water partition coefficient (Wildman–Crippen LogP) is 2.20. The molecule has 1 aliphatic rings. The Morgan fingerprint density at radius 2 is 2.24 bits per heavy atom. The number of nitrogens with zero attached hydrogens (tertiary/aromatic N) is 2. The van der Waals surface area contributed by atoms with E-state index in [2.05, 4.69) is 16.8 Å². The summed E-state index contributed by atoms with van der Waals surface area (Å²) in [5, 5.41) is 9.85. The van der Waals surface area contributed by atoms with Crippen molar-refractivity contribution in [1.82, 2.24) is 9.88 Å². The van der Waals surface area contributed by atoms with Gasteiger partial charge in [-0.3, -0.25) is 9.69 Å². The zero-order valence-electron chi connectivity index (χ0n) is 10.3. The topological polar surface area (TPSA) is 53.4 Å². The third-order valence-corrected chi connectivity index (χ3v) is 4.14. The molecule has 1 heterocycles. The van der Waals surface area contributed by atoms with E-state index < -0.39 is 5.97 Å². The van der Waals surface area contributed by atoms with Crippen LogP contribution in [-0.4, -0.2) is 33.5 Å². The summed E-state index contributed by atoms with van der Waals surface area (Å²) >= 11 is 1.72. The molecule has 0 atom stereocenters. The number of carboxylic acids is 1. The number of hydrogen-bond donors (Lipinski definition) is 1. The molecule has 0 saturated heterocycles. The van der Waals surface area contributed by atoms with Gasteiger partial charge in [0.25, 0.3) is 0 Å². The van der Waals surface area contributed by atoms with Crippen LogP contribution in [0.3, 0.4) is 0 Å². The minimum Gasteiger partial charge on any atom is -0.481 e. The van der Waals surface area contributed by atoms with Gasteiger partial charge >= 0.3 is 5.97 Å². The van der Waals surface area contributed by atoms with Gasteiger partial charge in [0, 0.05) is 17.5 Å². The number of aryl methyl sites for hydroxylation is 2. The summed E-state index contributed by atoms with van der Waals surface area (Å²) in [5.41, 5.74) is 1.10. The summed E-state index contributed by atoms with van der Waals surface area (Å²) < 4.78 is 0. The van der Waals surface area contributed by atoms with Crippen LogP contribution in [0.25, 0.3) is 0 Å². The van der Waals surface area contributed by atoms with Crippen LogP contribution in [0.4, 0.5) is 0 Å². The number of hydrogen-bond acceptors (Lipinski definition) is 4. The monoisotopic (exact) mass is 254 g/mol. The fourth-order valence-electron chi connectivity index (χ4n) is 1.85. The Morgan fingerprint density at radius 3 is 2.71 bits per heavy atom. The van der Waals surface area contributed by atoms with Crippen molar-refractivity contribution in [3.63, 3.8) is 0 Å². The molecule has 0 amide bonds. The fraction of sp³-hybridized carbons (Fsp3) is 0.667. The summed E-state index contributed by atoms with van der Waals surface area (Å²) in [4.78, 5) is 18.6. The molecular weight excluding hydrogens is 236 g/mol. The van der Waals surface area contributed by atoms with Gasteiger partial charge in [0.1, 0.15) is 5.01 Å². The zero-order valence-corrected chi connectivity index (χ0v) is 11.1.